The average Bonchev–Trinajstić information content (AvgIpc) is 2.54. The fraction of sp³-hybridized carbons (Fsp3) is 0.176. The van der Waals surface area contributed by atoms with E-state index >= 15 is 0 Å². The summed E-state index contributed by atoms with van der Waals surface area (Å²) in [5.41, 5.74) is 1.96. The summed E-state index contributed by atoms with van der Waals surface area (Å²) in [5.74, 6) is -1.28. The number of nitrogens with zero attached hydrogens (tertiary/aromatic N) is 1. The van der Waals surface area contributed by atoms with Gasteiger partial charge in [-0.3, -0.25) is 4.79 Å². The SMILES string of the molecule is O=C(O)c1c(Cl)cc2c(c1Cl)CCN(C(=O)c1ccc(Cl)cc1)C2. The normalized spacial score (nSPS) is 13.5. The van der Waals surface area contributed by atoms with Gasteiger partial charge in [0.05, 0.1) is 15.6 Å². The lowest BCUT2D eigenvalue weighted by molar-refractivity contribution is 0.0692. The van der Waals surface area contributed by atoms with Crippen molar-refractivity contribution in [3.05, 3.63) is 67.7 Å². The monoisotopic (exact) mass is 383 g/mol. The summed E-state index contributed by atoms with van der Waals surface area (Å²) in [6, 6.07) is 8.26. The molecule has 1 heterocycles. The second kappa shape index (κ2) is 6.63. The second-order valence-corrected chi connectivity index (χ2v) is 6.70. The highest BCUT2D eigenvalue weighted by atomic mass is 35.5. The van der Waals surface area contributed by atoms with E-state index in [0.29, 0.717) is 30.1 Å². The third kappa shape index (κ3) is 3.09. The molecule has 1 N–H and O–H groups in total. The predicted octanol–water partition coefficient (Wildman–Crippen LogP) is 4.54. The molecule has 0 saturated heterocycles. The standard InChI is InChI=1S/C17H12Cl3NO3/c18-11-3-1-9(2-4-11)16(22)21-6-5-12-10(8-21)7-13(19)14(15(12)20)17(23)24/h1-4,7H,5-6,8H2,(H,23,24). The van der Waals surface area contributed by atoms with E-state index in [2.05, 4.69) is 0 Å². The number of amides is 1. The predicted molar refractivity (Wildman–Crippen MR) is 93.3 cm³/mol. The van der Waals surface area contributed by atoms with E-state index in [4.69, 9.17) is 34.8 Å². The van der Waals surface area contributed by atoms with Gasteiger partial charge >= 0.3 is 5.97 Å². The molecule has 24 heavy (non-hydrogen) atoms. The Morgan fingerprint density at radius 3 is 2.38 bits per heavy atom. The van der Waals surface area contributed by atoms with Crippen molar-refractivity contribution >= 4 is 46.7 Å². The molecule has 0 aliphatic carbocycles. The minimum absolute atomic E-state index is 0.0760. The van der Waals surface area contributed by atoms with Crippen molar-refractivity contribution in [2.45, 2.75) is 13.0 Å². The summed E-state index contributed by atoms with van der Waals surface area (Å²) >= 11 is 18.1. The van der Waals surface area contributed by atoms with Crippen LogP contribution < -0.4 is 0 Å². The molecule has 1 aliphatic rings. The van der Waals surface area contributed by atoms with E-state index in [1.807, 2.05) is 0 Å². The molecular formula is C17H12Cl3NO3. The van der Waals surface area contributed by atoms with Crippen molar-refractivity contribution < 1.29 is 14.7 Å². The van der Waals surface area contributed by atoms with Crippen molar-refractivity contribution in [3.8, 4) is 0 Å². The molecule has 0 bridgehead atoms. The largest absolute Gasteiger partial charge is 0.478 e. The van der Waals surface area contributed by atoms with Crippen LogP contribution in [0.2, 0.25) is 15.1 Å². The number of carboxylic acid groups (broad SMARTS) is 1. The van der Waals surface area contributed by atoms with Gasteiger partial charge < -0.3 is 10.0 Å². The van der Waals surface area contributed by atoms with E-state index in [1.165, 1.54) is 0 Å². The molecule has 124 valence electrons. The summed E-state index contributed by atoms with van der Waals surface area (Å²) in [6.07, 6.45) is 0.477. The van der Waals surface area contributed by atoms with E-state index < -0.39 is 5.97 Å². The van der Waals surface area contributed by atoms with Gasteiger partial charge in [0.15, 0.2) is 0 Å². The number of hydrogen-bond acceptors (Lipinski definition) is 2. The van der Waals surface area contributed by atoms with Crippen LogP contribution in [-0.4, -0.2) is 28.4 Å². The highest BCUT2D eigenvalue weighted by Crippen LogP contribution is 2.34. The highest BCUT2D eigenvalue weighted by Gasteiger charge is 2.27. The van der Waals surface area contributed by atoms with Gasteiger partial charge in [0.25, 0.3) is 5.91 Å². The van der Waals surface area contributed by atoms with Gasteiger partial charge in [0.2, 0.25) is 0 Å². The van der Waals surface area contributed by atoms with Crippen molar-refractivity contribution in [3.63, 3.8) is 0 Å². The molecule has 2 aromatic carbocycles. The average molecular weight is 385 g/mol. The van der Waals surface area contributed by atoms with Gasteiger partial charge in [-0.2, -0.15) is 0 Å². The molecule has 3 rings (SSSR count). The third-order valence-electron chi connectivity index (χ3n) is 4.00. The molecule has 0 aromatic heterocycles. The van der Waals surface area contributed by atoms with Gasteiger partial charge in [-0.1, -0.05) is 34.8 Å². The highest BCUT2D eigenvalue weighted by molar-refractivity contribution is 6.39. The molecule has 0 fully saturated rings. The Kier molecular flexibility index (Phi) is 4.72. The van der Waals surface area contributed by atoms with Gasteiger partial charge in [0, 0.05) is 23.7 Å². The van der Waals surface area contributed by atoms with E-state index in [1.54, 1.807) is 35.2 Å². The molecule has 7 heteroatoms. The fourth-order valence-electron chi connectivity index (χ4n) is 2.80. The van der Waals surface area contributed by atoms with Crippen molar-refractivity contribution in [2.24, 2.45) is 0 Å². The smallest absolute Gasteiger partial charge is 0.338 e. The Balaban J connectivity index is 1.91. The first kappa shape index (κ1) is 17.1. The zero-order valence-corrected chi connectivity index (χ0v) is 14.6. The Labute approximate surface area is 153 Å². The Morgan fingerprint density at radius 1 is 1.08 bits per heavy atom. The lowest BCUT2D eigenvalue weighted by Gasteiger charge is -2.30. The molecule has 1 aliphatic heterocycles. The first-order valence-electron chi connectivity index (χ1n) is 7.16. The molecule has 0 saturated carbocycles. The molecule has 2 aromatic rings. The second-order valence-electron chi connectivity index (χ2n) is 5.47. The Morgan fingerprint density at radius 2 is 1.75 bits per heavy atom. The number of carboxylic acids is 1. The number of hydrogen-bond donors (Lipinski definition) is 1. The lowest BCUT2D eigenvalue weighted by atomic mass is 9.96. The molecule has 0 unspecified atom stereocenters. The van der Waals surface area contributed by atoms with Crippen LogP contribution in [0.25, 0.3) is 0 Å². The molecular weight excluding hydrogens is 373 g/mol. The van der Waals surface area contributed by atoms with Crippen LogP contribution >= 0.6 is 34.8 Å². The number of halogens is 3. The maximum atomic E-state index is 12.6. The quantitative estimate of drug-likeness (QED) is 0.827. The lowest BCUT2D eigenvalue weighted by Crippen LogP contribution is -2.36. The number of fused-ring (bicyclic) bond motifs is 1. The first-order valence-corrected chi connectivity index (χ1v) is 8.29. The molecule has 0 spiro atoms. The van der Waals surface area contributed by atoms with Crippen LogP contribution in [-0.2, 0) is 13.0 Å². The number of benzene rings is 2. The zero-order chi connectivity index (χ0) is 17.4. The van der Waals surface area contributed by atoms with Crippen LogP contribution in [0.5, 0.6) is 0 Å². The van der Waals surface area contributed by atoms with Crippen LogP contribution in [0.15, 0.2) is 30.3 Å². The van der Waals surface area contributed by atoms with E-state index in [0.717, 1.165) is 11.1 Å². The third-order valence-corrected chi connectivity index (χ3v) is 4.96. The van der Waals surface area contributed by atoms with Gasteiger partial charge in [-0.25, -0.2) is 4.79 Å². The van der Waals surface area contributed by atoms with Gasteiger partial charge in [-0.05, 0) is 47.9 Å². The maximum Gasteiger partial charge on any atom is 0.338 e. The summed E-state index contributed by atoms with van der Waals surface area (Å²) in [4.78, 5) is 25.5. The minimum Gasteiger partial charge on any atom is -0.478 e. The molecule has 0 atom stereocenters. The van der Waals surface area contributed by atoms with Crippen molar-refractivity contribution in [1.29, 1.82) is 0 Å². The van der Waals surface area contributed by atoms with Gasteiger partial charge in [-0.15, -0.1) is 0 Å². The number of carbonyl (C=O) groups excluding carboxylic acids is 1. The van der Waals surface area contributed by atoms with Crippen LogP contribution in [0.3, 0.4) is 0 Å². The summed E-state index contributed by atoms with van der Waals surface area (Å²) in [6.45, 7) is 0.783. The van der Waals surface area contributed by atoms with Crippen molar-refractivity contribution in [2.75, 3.05) is 6.54 Å². The Hall–Kier alpha value is -1.75. The molecule has 1 amide bonds. The number of rotatable bonds is 2. The Bertz CT molecular complexity index is 834. The molecule has 4 nitrogen and oxygen atoms in total. The van der Waals surface area contributed by atoms with E-state index in [9.17, 15) is 14.7 Å². The summed E-state index contributed by atoms with van der Waals surface area (Å²) in [5, 5.41) is 10.0. The van der Waals surface area contributed by atoms with Crippen LogP contribution in [0.1, 0.15) is 31.8 Å². The number of carbonyl (C=O) groups is 2. The number of aromatic carboxylic acids is 1. The van der Waals surface area contributed by atoms with Gasteiger partial charge in [0.1, 0.15) is 0 Å². The fourth-order valence-corrected chi connectivity index (χ4v) is 3.68. The minimum atomic E-state index is -1.16. The summed E-state index contributed by atoms with van der Waals surface area (Å²) < 4.78 is 0. The first-order chi connectivity index (χ1) is 11.4. The zero-order valence-electron chi connectivity index (χ0n) is 12.4. The summed E-state index contributed by atoms with van der Waals surface area (Å²) in [7, 11) is 0. The van der Waals surface area contributed by atoms with Crippen molar-refractivity contribution in [1.82, 2.24) is 4.90 Å². The maximum absolute atomic E-state index is 12.6. The molecule has 0 radical (unpaired) electrons. The van der Waals surface area contributed by atoms with Crippen LogP contribution in [0.4, 0.5) is 0 Å². The van der Waals surface area contributed by atoms with Crippen LogP contribution in [0, 0.1) is 0 Å². The van der Waals surface area contributed by atoms with E-state index in [-0.39, 0.29) is 21.5 Å². The topological polar surface area (TPSA) is 57.6 Å².